The van der Waals surface area contributed by atoms with E-state index >= 15 is 0 Å². The Labute approximate surface area is 109 Å². The van der Waals surface area contributed by atoms with Crippen molar-refractivity contribution in [2.45, 2.75) is 76.0 Å². The number of rotatable bonds is 3. The summed E-state index contributed by atoms with van der Waals surface area (Å²) in [5.41, 5.74) is -1.14. The molecule has 1 saturated heterocycles. The first-order valence-electron chi connectivity index (χ1n) is 7.09. The van der Waals surface area contributed by atoms with Crippen LogP contribution >= 0.6 is 0 Å². The third kappa shape index (κ3) is 3.04. The molecular formula is C14H25NO3. The van der Waals surface area contributed by atoms with Gasteiger partial charge in [0.25, 0.3) is 0 Å². The number of hydrogen-bond donors (Lipinski definition) is 2. The molecule has 1 unspecified atom stereocenters. The lowest BCUT2D eigenvalue weighted by Gasteiger charge is -2.44. The molecule has 2 N–H and O–H groups in total. The van der Waals surface area contributed by atoms with E-state index in [2.05, 4.69) is 5.32 Å². The van der Waals surface area contributed by atoms with Gasteiger partial charge in [-0.05, 0) is 33.1 Å². The van der Waals surface area contributed by atoms with Gasteiger partial charge in [-0.1, -0.05) is 19.3 Å². The van der Waals surface area contributed by atoms with Crippen LogP contribution in [-0.4, -0.2) is 34.9 Å². The number of ether oxygens (including phenoxy) is 1. The first-order chi connectivity index (χ1) is 8.44. The average Bonchev–Trinajstić information content (AvgIpc) is 2.28. The quantitative estimate of drug-likeness (QED) is 0.812. The van der Waals surface area contributed by atoms with Crippen molar-refractivity contribution in [2.24, 2.45) is 0 Å². The number of carboxylic acids is 1. The molecule has 4 nitrogen and oxygen atoms in total. The van der Waals surface area contributed by atoms with Gasteiger partial charge >= 0.3 is 5.97 Å². The maximum absolute atomic E-state index is 11.7. The predicted molar refractivity (Wildman–Crippen MR) is 69.6 cm³/mol. The van der Waals surface area contributed by atoms with Gasteiger partial charge in [0.1, 0.15) is 5.54 Å². The van der Waals surface area contributed by atoms with E-state index in [1.54, 1.807) is 0 Å². The van der Waals surface area contributed by atoms with E-state index in [1.807, 2.05) is 13.8 Å². The number of aliphatic carboxylic acids is 1. The molecule has 2 fully saturated rings. The molecular weight excluding hydrogens is 230 g/mol. The van der Waals surface area contributed by atoms with E-state index in [9.17, 15) is 9.90 Å². The van der Waals surface area contributed by atoms with Crippen LogP contribution in [0.3, 0.4) is 0 Å². The molecule has 104 valence electrons. The van der Waals surface area contributed by atoms with Crippen molar-refractivity contribution in [1.82, 2.24) is 5.32 Å². The smallest absolute Gasteiger partial charge is 0.324 e. The van der Waals surface area contributed by atoms with Gasteiger partial charge in [-0.25, -0.2) is 0 Å². The molecule has 0 aromatic rings. The molecule has 1 heterocycles. The minimum absolute atomic E-state index is 0.349. The van der Waals surface area contributed by atoms with Gasteiger partial charge in [0.05, 0.1) is 5.60 Å². The lowest BCUT2D eigenvalue weighted by molar-refractivity contribution is -0.159. The fourth-order valence-electron chi connectivity index (χ4n) is 3.37. The van der Waals surface area contributed by atoms with Crippen molar-refractivity contribution in [3.05, 3.63) is 0 Å². The van der Waals surface area contributed by atoms with E-state index < -0.39 is 11.5 Å². The van der Waals surface area contributed by atoms with E-state index in [0.29, 0.717) is 25.5 Å². The molecule has 0 aromatic carbocycles. The Morgan fingerprint density at radius 1 is 1.28 bits per heavy atom. The third-order valence-electron chi connectivity index (χ3n) is 4.24. The molecule has 1 saturated carbocycles. The van der Waals surface area contributed by atoms with Crippen molar-refractivity contribution in [1.29, 1.82) is 0 Å². The molecule has 4 heteroatoms. The summed E-state index contributed by atoms with van der Waals surface area (Å²) >= 11 is 0. The second-order valence-corrected chi connectivity index (χ2v) is 6.40. The predicted octanol–water partition coefficient (Wildman–Crippen LogP) is 2.32. The largest absolute Gasteiger partial charge is 0.480 e. The Morgan fingerprint density at radius 3 is 2.50 bits per heavy atom. The topological polar surface area (TPSA) is 58.6 Å². The summed E-state index contributed by atoms with van der Waals surface area (Å²) in [5, 5.41) is 13.1. The molecule has 0 spiro atoms. The van der Waals surface area contributed by atoms with Crippen LogP contribution in [-0.2, 0) is 9.53 Å². The highest BCUT2D eigenvalue weighted by Gasteiger charge is 2.47. The Balaban J connectivity index is 2.08. The SMILES string of the molecule is CC1(C)CC(NC2CCCCC2)(C(=O)O)CCO1. The fourth-order valence-corrected chi connectivity index (χ4v) is 3.37. The minimum Gasteiger partial charge on any atom is -0.480 e. The zero-order valence-corrected chi connectivity index (χ0v) is 11.5. The zero-order chi connectivity index (χ0) is 13.2. The Kier molecular flexibility index (Phi) is 3.97. The summed E-state index contributed by atoms with van der Waals surface area (Å²) in [5.74, 6) is -0.718. The Hall–Kier alpha value is -0.610. The highest BCUT2D eigenvalue weighted by atomic mass is 16.5. The van der Waals surface area contributed by atoms with Crippen LogP contribution in [0.1, 0.15) is 58.8 Å². The third-order valence-corrected chi connectivity index (χ3v) is 4.24. The summed E-state index contributed by atoms with van der Waals surface area (Å²) in [7, 11) is 0. The van der Waals surface area contributed by atoms with Crippen molar-refractivity contribution in [2.75, 3.05) is 6.61 Å². The van der Waals surface area contributed by atoms with Gasteiger partial charge in [0, 0.05) is 19.1 Å². The van der Waals surface area contributed by atoms with Crippen molar-refractivity contribution in [3.8, 4) is 0 Å². The first kappa shape index (κ1) is 13.8. The summed E-state index contributed by atoms with van der Waals surface area (Å²) in [6.07, 6.45) is 7.05. The van der Waals surface area contributed by atoms with Gasteiger partial charge in [-0.3, -0.25) is 10.1 Å². The lowest BCUT2D eigenvalue weighted by Crippen LogP contribution is -2.62. The maximum Gasteiger partial charge on any atom is 0.324 e. The molecule has 1 aliphatic heterocycles. The van der Waals surface area contributed by atoms with E-state index in [1.165, 1.54) is 19.3 Å². The van der Waals surface area contributed by atoms with E-state index in [0.717, 1.165) is 12.8 Å². The van der Waals surface area contributed by atoms with Gasteiger partial charge in [-0.15, -0.1) is 0 Å². The van der Waals surface area contributed by atoms with Gasteiger partial charge in [0.2, 0.25) is 0 Å². The zero-order valence-electron chi connectivity index (χ0n) is 11.5. The van der Waals surface area contributed by atoms with Crippen LogP contribution < -0.4 is 5.32 Å². The first-order valence-corrected chi connectivity index (χ1v) is 7.09. The molecule has 1 aliphatic carbocycles. The highest BCUT2D eigenvalue weighted by Crippen LogP contribution is 2.34. The Morgan fingerprint density at radius 2 is 1.94 bits per heavy atom. The van der Waals surface area contributed by atoms with E-state index in [4.69, 9.17) is 4.74 Å². The lowest BCUT2D eigenvalue weighted by atomic mass is 9.79. The molecule has 0 radical (unpaired) electrons. The van der Waals surface area contributed by atoms with Crippen molar-refractivity contribution < 1.29 is 14.6 Å². The van der Waals surface area contributed by atoms with Crippen LogP contribution in [0, 0.1) is 0 Å². The second kappa shape index (κ2) is 5.17. The number of hydrogen-bond acceptors (Lipinski definition) is 3. The molecule has 0 aromatic heterocycles. The fraction of sp³-hybridized carbons (Fsp3) is 0.929. The average molecular weight is 255 g/mol. The van der Waals surface area contributed by atoms with Crippen molar-refractivity contribution >= 4 is 5.97 Å². The summed E-state index contributed by atoms with van der Waals surface area (Å²) in [6, 6.07) is 0.365. The summed E-state index contributed by atoms with van der Waals surface area (Å²) in [4.78, 5) is 11.7. The van der Waals surface area contributed by atoms with Crippen LogP contribution in [0.25, 0.3) is 0 Å². The number of carboxylic acid groups (broad SMARTS) is 1. The number of carbonyl (C=O) groups is 1. The minimum atomic E-state index is -0.788. The van der Waals surface area contributed by atoms with Gasteiger partial charge in [-0.2, -0.15) is 0 Å². The maximum atomic E-state index is 11.7. The van der Waals surface area contributed by atoms with Gasteiger partial charge < -0.3 is 9.84 Å². The monoisotopic (exact) mass is 255 g/mol. The molecule has 18 heavy (non-hydrogen) atoms. The summed E-state index contributed by atoms with van der Waals surface area (Å²) < 4.78 is 5.66. The molecule has 2 rings (SSSR count). The molecule has 0 amide bonds. The molecule has 1 atom stereocenters. The normalized spacial score (nSPS) is 33.2. The van der Waals surface area contributed by atoms with Gasteiger partial charge in [0.15, 0.2) is 0 Å². The molecule has 2 aliphatic rings. The molecule has 0 bridgehead atoms. The second-order valence-electron chi connectivity index (χ2n) is 6.40. The number of nitrogens with one attached hydrogen (secondary N) is 1. The summed E-state index contributed by atoms with van der Waals surface area (Å²) in [6.45, 7) is 4.48. The standard InChI is InChI=1S/C14H25NO3/c1-13(2)10-14(12(16)17,8-9-18-13)15-11-6-4-3-5-7-11/h11,15H,3-10H2,1-2H3,(H,16,17). The van der Waals surface area contributed by atoms with Crippen LogP contribution in [0.2, 0.25) is 0 Å². The highest BCUT2D eigenvalue weighted by molar-refractivity contribution is 5.79. The van der Waals surface area contributed by atoms with Crippen LogP contribution in [0.4, 0.5) is 0 Å². The van der Waals surface area contributed by atoms with Crippen LogP contribution in [0.5, 0.6) is 0 Å². The van der Waals surface area contributed by atoms with Crippen molar-refractivity contribution in [3.63, 3.8) is 0 Å². The van der Waals surface area contributed by atoms with E-state index in [-0.39, 0.29) is 5.60 Å². The Bertz CT molecular complexity index is 310. The van der Waals surface area contributed by atoms with Crippen LogP contribution in [0.15, 0.2) is 0 Å².